The molecule has 0 aliphatic heterocycles. The van der Waals surface area contributed by atoms with Gasteiger partial charge in [0.2, 0.25) is 5.91 Å². The topological polar surface area (TPSA) is 32.3 Å². The van der Waals surface area contributed by atoms with Crippen molar-refractivity contribution < 1.29 is 4.79 Å². The first-order valence-electron chi connectivity index (χ1n) is 6.80. The molecule has 0 heterocycles. The molecule has 0 saturated carbocycles. The average molecular weight is 303 g/mol. The molecule has 1 N–H and O–H groups in total. The number of amides is 1. The minimum absolute atomic E-state index is 0.214. The van der Waals surface area contributed by atoms with Crippen LogP contribution in [0.5, 0.6) is 0 Å². The van der Waals surface area contributed by atoms with E-state index in [9.17, 15) is 4.79 Å². The van der Waals surface area contributed by atoms with E-state index in [1.807, 2.05) is 68.7 Å². The van der Waals surface area contributed by atoms with Crippen molar-refractivity contribution in [3.05, 3.63) is 65.7 Å². The third kappa shape index (κ3) is 4.31. The summed E-state index contributed by atoms with van der Waals surface area (Å²) in [6, 6.07) is 17.1. The summed E-state index contributed by atoms with van der Waals surface area (Å²) in [6.07, 6.45) is 0. The Morgan fingerprint density at radius 2 is 1.71 bits per heavy atom. The Balaban J connectivity index is 2.13. The second kappa shape index (κ2) is 7.25. The number of rotatable bonds is 5. The molecular weight excluding hydrogens is 284 g/mol. The van der Waals surface area contributed by atoms with E-state index < -0.39 is 5.38 Å². The van der Waals surface area contributed by atoms with Gasteiger partial charge in [-0.2, -0.15) is 0 Å². The molecule has 0 aromatic heterocycles. The number of para-hydroxylation sites is 1. The van der Waals surface area contributed by atoms with Gasteiger partial charge in [-0.15, -0.1) is 11.6 Å². The fourth-order valence-corrected chi connectivity index (χ4v) is 2.29. The predicted octanol–water partition coefficient (Wildman–Crippen LogP) is 3.67. The highest BCUT2D eigenvalue weighted by Gasteiger charge is 2.18. The first-order chi connectivity index (χ1) is 10.1. The van der Waals surface area contributed by atoms with Gasteiger partial charge < -0.3 is 10.2 Å². The van der Waals surface area contributed by atoms with Gasteiger partial charge in [-0.1, -0.05) is 48.5 Å². The molecule has 1 atom stereocenters. The van der Waals surface area contributed by atoms with E-state index in [4.69, 9.17) is 11.6 Å². The van der Waals surface area contributed by atoms with Gasteiger partial charge in [0.15, 0.2) is 0 Å². The number of nitrogens with zero attached hydrogens (tertiary/aromatic N) is 1. The van der Waals surface area contributed by atoms with Crippen molar-refractivity contribution in [1.29, 1.82) is 0 Å². The fraction of sp³-hybridized carbons (Fsp3) is 0.235. The monoisotopic (exact) mass is 302 g/mol. The lowest BCUT2D eigenvalue weighted by molar-refractivity contribution is -0.116. The lowest BCUT2D eigenvalue weighted by Crippen LogP contribution is -2.19. The zero-order valence-corrected chi connectivity index (χ0v) is 13.0. The average Bonchev–Trinajstić information content (AvgIpc) is 2.49. The Morgan fingerprint density at radius 3 is 2.38 bits per heavy atom. The number of anilines is 1. The maximum absolute atomic E-state index is 12.3. The van der Waals surface area contributed by atoms with Gasteiger partial charge in [-0.05, 0) is 31.3 Å². The molecule has 110 valence electrons. The summed E-state index contributed by atoms with van der Waals surface area (Å²) >= 11 is 6.24. The van der Waals surface area contributed by atoms with Crippen molar-refractivity contribution in [3.63, 3.8) is 0 Å². The molecule has 0 aliphatic rings. The molecule has 2 aromatic rings. The van der Waals surface area contributed by atoms with Crippen LogP contribution in [0.15, 0.2) is 54.6 Å². The van der Waals surface area contributed by atoms with Crippen molar-refractivity contribution in [2.24, 2.45) is 0 Å². The minimum Gasteiger partial charge on any atom is -0.324 e. The van der Waals surface area contributed by atoms with Gasteiger partial charge in [0.05, 0.1) is 0 Å². The van der Waals surface area contributed by atoms with Gasteiger partial charge in [-0.3, -0.25) is 4.79 Å². The summed E-state index contributed by atoms with van der Waals surface area (Å²) in [7, 11) is 3.99. The molecule has 0 saturated heterocycles. The summed E-state index contributed by atoms with van der Waals surface area (Å²) in [5, 5.41) is 2.22. The number of hydrogen-bond acceptors (Lipinski definition) is 2. The zero-order chi connectivity index (χ0) is 15.2. The van der Waals surface area contributed by atoms with E-state index in [2.05, 4.69) is 10.2 Å². The SMILES string of the molecule is CN(C)Cc1ccccc1NC(=O)C(Cl)c1ccccc1. The number of benzene rings is 2. The van der Waals surface area contributed by atoms with E-state index >= 15 is 0 Å². The van der Waals surface area contributed by atoms with E-state index in [0.717, 1.165) is 23.4 Å². The summed E-state index contributed by atoms with van der Waals surface area (Å²) in [6.45, 7) is 0.759. The second-order valence-corrected chi connectivity index (χ2v) is 5.59. The highest BCUT2D eigenvalue weighted by molar-refractivity contribution is 6.32. The van der Waals surface area contributed by atoms with Crippen molar-refractivity contribution in [3.8, 4) is 0 Å². The summed E-state index contributed by atoms with van der Waals surface area (Å²) in [5.74, 6) is -0.214. The Kier molecular flexibility index (Phi) is 5.37. The molecule has 3 nitrogen and oxygen atoms in total. The summed E-state index contributed by atoms with van der Waals surface area (Å²) < 4.78 is 0. The van der Waals surface area contributed by atoms with Crippen molar-refractivity contribution >= 4 is 23.2 Å². The Bertz CT molecular complexity index is 599. The molecule has 0 fully saturated rings. The number of alkyl halides is 1. The van der Waals surface area contributed by atoms with Crippen LogP contribution in [0.25, 0.3) is 0 Å². The molecule has 0 bridgehead atoms. The number of carbonyl (C=O) groups excluding carboxylic acids is 1. The highest BCUT2D eigenvalue weighted by atomic mass is 35.5. The van der Waals surface area contributed by atoms with Gasteiger partial charge >= 0.3 is 0 Å². The van der Waals surface area contributed by atoms with Crippen molar-refractivity contribution in [1.82, 2.24) is 4.90 Å². The Labute approximate surface area is 130 Å². The van der Waals surface area contributed by atoms with Crippen LogP contribution in [0.4, 0.5) is 5.69 Å². The fourth-order valence-electron chi connectivity index (χ4n) is 2.09. The van der Waals surface area contributed by atoms with E-state index in [0.29, 0.717) is 0 Å². The minimum atomic E-state index is -0.696. The van der Waals surface area contributed by atoms with E-state index in [1.54, 1.807) is 0 Å². The van der Waals surface area contributed by atoms with Crippen LogP contribution in [0.3, 0.4) is 0 Å². The predicted molar refractivity (Wildman–Crippen MR) is 87.5 cm³/mol. The Morgan fingerprint density at radius 1 is 1.10 bits per heavy atom. The van der Waals surface area contributed by atoms with Crippen LogP contribution in [-0.2, 0) is 11.3 Å². The quantitative estimate of drug-likeness (QED) is 0.855. The third-order valence-electron chi connectivity index (χ3n) is 3.08. The van der Waals surface area contributed by atoms with Gasteiger partial charge in [0, 0.05) is 12.2 Å². The lowest BCUT2D eigenvalue weighted by atomic mass is 10.1. The van der Waals surface area contributed by atoms with Gasteiger partial charge in [0.1, 0.15) is 5.38 Å². The van der Waals surface area contributed by atoms with Crippen LogP contribution in [0, 0.1) is 0 Å². The van der Waals surface area contributed by atoms with Gasteiger partial charge in [0.25, 0.3) is 0 Å². The molecule has 0 spiro atoms. The van der Waals surface area contributed by atoms with E-state index in [-0.39, 0.29) is 5.91 Å². The van der Waals surface area contributed by atoms with Crippen molar-refractivity contribution in [2.45, 2.75) is 11.9 Å². The largest absolute Gasteiger partial charge is 0.324 e. The molecule has 4 heteroatoms. The highest BCUT2D eigenvalue weighted by Crippen LogP contribution is 2.24. The van der Waals surface area contributed by atoms with Crippen LogP contribution in [0.1, 0.15) is 16.5 Å². The second-order valence-electron chi connectivity index (χ2n) is 5.16. The molecule has 1 amide bonds. The molecule has 1 unspecified atom stereocenters. The van der Waals surface area contributed by atoms with Crippen LogP contribution in [0.2, 0.25) is 0 Å². The Hall–Kier alpha value is -1.84. The smallest absolute Gasteiger partial charge is 0.246 e. The number of nitrogens with one attached hydrogen (secondary N) is 1. The normalized spacial score (nSPS) is 12.2. The molecular formula is C17H19ClN2O. The maximum Gasteiger partial charge on any atom is 0.246 e. The van der Waals surface area contributed by atoms with Crippen LogP contribution < -0.4 is 5.32 Å². The van der Waals surface area contributed by atoms with Crippen LogP contribution in [-0.4, -0.2) is 24.9 Å². The third-order valence-corrected chi connectivity index (χ3v) is 3.53. The maximum atomic E-state index is 12.3. The summed E-state index contributed by atoms with van der Waals surface area (Å²) in [5.41, 5.74) is 2.66. The lowest BCUT2D eigenvalue weighted by Gasteiger charge is -2.16. The number of hydrogen-bond donors (Lipinski definition) is 1. The first-order valence-corrected chi connectivity index (χ1v) is 7.24. The van der Waals surface area contributed by atoms with Crippen LogP contribution >= 0.6 is 11.6 Å². The standard InChI is InChI=1S/C17H19ClN2O/c1-20(2)12-14-10-6-7-11-15(14)19-17(21)16(18)13-8-4-3-5-9-13/h3-11,16H,12H2,1-2H3,(H,19,21). The van der Waals surface area contributed by atoms with Gasteiger partial charge in [-0.25, -0.2) is 0 Å². The number of carbonyl (C=O) groups is 1. The van der Waals surface area contributed by atoms with E-state index in [1.165, 1.54) is 0 Å². The molecule has 0 radical (unpaired) electrons. The first kappa shape index (κ1) is 15.5. The van der Waals surface area contributed by atoms with Crippen molar-refractivity contribution in [2.75, 3.05) is 19.4 Å². The zero-order valence-electron chi connectivity index (χ0n) is 12.2. The number of halogens is 1. The molecule has 0 aliphatic carbocycles. The molecule has 2 rings (SSSR count). The molecule has 21 heavy (non-hydrogen) atoms. The molecule has 2 aromatic carbocycles. The summed E-state index contributed by atoms with van der Waals surface area (Å²) in [4.78, 5) is 14.4.